The minimum Gasteiger partial charge on any atom is -0.468 e. The van der Waals surface area contributed by atoms with Gasteiger partial charge < -0.3 is 79.4 Å². The van der Waals surface area contributed by atoms with Gasteiger partial charge in [0.15, 0.2) is 12.6 Å². The van der Waals surface area contributed by atoms with Gasteiger partial charge in [0, 0.05) is 31.6 Å². The number of carbonyl (C=O) groups is 4. The molecule has 24 nitrogen and oxygen atoms in total. The summed E-state index contributed by atoms with van der Waals surface area (Å²) in [6, 6.07) is -1.81. The highest BCUT2D eigenvalue weighted by atomic mass is 19.3. The molecule has 0 aromatic heterocycles. The van der Waals surface area contributed by atoms with Crippen LogP contribution in [-0.4, -0.2) is 213 Å². The zero-order valence-corrected chi connectivity index (χ0v) is 44.7. The van der Waals surface area contributed by atoms with Crippen molar-refractivity contribution in [3.05, 3.63) is 11.8 Å². The van der Waals surface area contributed by atoms with E-state index in [9.17, 15) is 43.3 Å². The first-order valence-corrected chi connectivity index (χ1v) is 24.7. The van der Waals surface area contributed by atoms with Crippen LogP contribution in [0.2, 0.25) is 0 Å². The summed E-state index contributed by atoms with van der Waals surface area (Å²) < 4.78 is 73.4. The predicted octanol–water partition coefficient (Wildman–Crippen LogP) is 2.09. The minimum atomic E-state index is -3.02. The lowest BCUT2D eigenvalue weighted by molar-refractivity contribution is -0.292. The molecule has 3 rings (SSSR count). The van der Waals surface area contributed by atoms with E-state index in [4.69, 9.17) is 42.7 Å². The standard InChI is InChI=1S/C47H84F2N8O16/c1-27-26-66-40(35(59)34(27)56(12)13)70-38-30(53-39(61)31(58)17-18-52-42(62)71-45(2,3)4)23-29(50-11)37(36(38)60)69-33-16-14-15-28(68-33)24-51-19-20-65-21-22-67-55-41(54-43(63)72-46(5,6)7)57(25-32(48)49)44(64)73-47(8,9)10/h15,27,29-38,40,50-51,58-60H,14,16-26H2,1-13H3,(H,52,62)(H,53,61)(H,54,55,63)/t27?,29-,30+,31-,33+,34-,35+,36-,37+,38-,40+/m0/s1. The number of halogens is 2. The first-order valence-electron chi connectivity index (χ1n) is 24.7. The van der Waals surface area contributed by atoms with Crippen LogP contribution in [0.4, 0.5) is 23.2 Å². The van der Waals surface area contributed by atoms with Crippen LogP contribution in [0, 0.1) is 5.92 Å². The number of hydroxylamine groups is 1. The average molecular weight is 1060 g/mol. The molecule has 4 amide bonds. The van der Waals surface area contributed by atoms with Crippen LogP contribution in [0.15, 0.2) is 16.8 Å². The normalized spacial score (nSPS) is 26.6. The fourth-order valence-corrected chi connectivity index (χ4v) is 7.97. The van der Waals surface area contributed by atoms with E-state index in [0.29, 0.717) is 30.0 Å². The van der Waals surface area contributed by atoms with Gasteiger partial charge in [0.25, 0.3) is 6.43 Å². The topological polar surface area (TPSA) is 291 Å². The molecule has 2 aliphatic heterocycles. The highest BCUT2D eigenvalue weighted by molar-refractivity contribution is 5.98. The van der Waals surface area contributed by atoms with E-state index in [1.54, 1.807) is 69.4 Å². The van der Waals surface area contributed by atoms with Crippen molar-refractivity contribution >= 4 is 30.1 Å². The third-order valence-electron chi connectivity index (χ3n) is 11.0. The van der Waals surface area contributed by atoms with Crippen molar-refractivity contribution in [2.75, 3.05) is 73.7 Å². The van der Waals surface area contributed by atoms with Crippen molar-refractivity contribution in [1.29, 1.82) is 0 Å². The van der Waals surface area contributed by atoms with Gasteiger partial charge in [-0.25, -0.2) is 33.5 Å². The molecule has 2 heterocycles. The minimum absolute atomic E-state index is 0.00544. The Morgan fingerprint density at radius 1 is 0.890 bits per heavy atom. The fourth-order valence-electron chi connectivity index (χ4n) is 7.97. The first kappa shape index (κ1) is 63.2. The van der Waals surface area contributed by atoms with E-state index in [1.165, 1.54) is 0 Å². The van der Waals surface area contributed by atoms with Crippen LogP contribution >= 0.6 is 0 Å². The number of nitrogens with zero attached hydrogens (tertiary/aromatic N) is 3. The van der Waals surface area contributed by atoms with E-state index in [2.05, 4.69) is 31.7 Å². The number of carbonyl (C=O) groups excluding carboxylic acids is 4. The van der Waals surface area contributed by atoms with Crippen molar-refractivity contribution in [1.82, 2.24) is 36.5 Å². The number of aliphatic imine (C=N–C) groups is 1. The number of hydrogen-bond donors (Lipinski definition) is 8. The second kappa shape index (κ2) is 29.3. The van der Waals surface area contributed by atoms with E-state index in [0.717, 1.165) is 0 Å². The highest BCUT2D eigenvalue weighted by Gasteiger charge is 2.50. The molecule has 1 unspecified atom stereocenters. The maximum absolute atomic E-state index is 13.6. The molecule has 0 aromatic rings. The van der Waals surface area contributed by atoms with Gasteiger partial charge in [0.1, 0.15) is 53.1 Å². The lowest BCUT2D eigenvalue weighted by atomic mass is 9.83. The highest BCUT2D eigenvalue weighted by Crippen LogP contribution is 2.33. The maximum Gasteiger partial charge on any atom is 0.437 e. The third-order valence-corrected chi connectivity index (χ3v) is 11.0. The quantitative estimate of drug-likeness (QED) is 0.0253. The Hall–Kier alpha value is -4.09. The SMILES string of the molecule is CN[C@H]1C[C@@H](NC(=O)[C@@H](O)CCNC(=O)OC(C)(C)C)[C@H](O[C@H]2OCC(C)[C@H](N(C)C)[C@H]2O)[C@@H](O)[C@@H]1O[C@@H]1CCC=C(CNCCOCCON/C(=N\C(=O)OC(C)(C)C)N(CC(F)F)C(=O)OC(C)(C)C)O1. The van der Waals surface area contributed by atoms with Crippen molar-refractivity contribution < 1.29 is 86.0 Å². The summed E-state index contributed by atoms with van der Waals surface area (Å²) in [4.78, 5) is 62.2. The van der Waals surface area contributed by atoms with E-state index < -0.39 is 115 Å². The summed E-state index contributed by atoms with van der Waals surface area (Å²) in [6.07, 6.45) is -11.3. The van der Waals surface area contributed by atoms with Crippen LogP contribution in [0.25, 0.3) is 0 Å². The third kappa shape index (κ3) is 22.7. The number of hydrogen-bond acceptors (Lipinski definition) is 19. The maximum atomic E-state index is 13.6. The number of alkyl halides is 2. The summed E-state index contributed by atoms with van der Waals surface area (Å²) in [6.45, 7) is 16.2. The molecule has 11 atom stereocenters. The molecule has 422 valence electrons. The lowest BCUT2D eigenvalue weighted by Gasteiger charge is -2.48. The van der Waals surface area contributed by atoms with E-state index >= 15 is 0 Å². The smallest absolute Gasteiger partial charge is 0.437 e. The number of amides is 4. The van der Waals surface area contributed by atoms with Crippen LogP contribution in [-0.2, 0) is 47.5 Å². The number of likely N-dealkylation sites (N-methyl/N-ethyl adjacent to an activating group) is 2. The Balaban J connectivity index is 1.59. The van der Waals surface area contributed by atoms with E-state index in [-0.39, 0.29) is 64.3 Å². The largest absolute Gasteiger partial charge is 0.468 e. The van der Waals surface area contributed by atoms with Crippen LogP contribution in [0.3, 0.4) is 0 Å². The molecule has 0 bridgehead atoms. The Morgan fingerprint density at radius 3 is 2.16 bits per heavy atom. The molecule has 3 aliphatic rings. The van der Waals surface area contributed by atoms with Crippen molar-refractivity contribution in [2.24, 2.45) is 10.9 Å². The van der Waals surface area contributed by atoms with Gasteiger partial charge in [0.2, 0.25) is 11.9 Å². The second-order valence-electron chi connectivity index (χ2n) is 21.2. The van der Waals surface area contributed by atoms with Gasteiger partial charge in [-0.15, -0.1) is 4.99 Å². The summed E-state index contributed by atoms with van der Waals surface area (Å²) >= 11 is 0. The lowest BCUT2D eigenvalue weighted by Crippen LogP contribution is -2.67. The zero-order chi connectivity index (χ0) is 54.8. The number of aliphatic hydroxyl groups excluding tert-OH is 3. The van der Waals surface area contributed by atoms with Crippen molar-refractivity contribution in [3.63, 3.8) is 0 Å². The van der Waals surface area contributed by atoms with Crippen molar-refractivity contribution in [2.45, 2.75) is 179 Å². The van der Waals surface area contributed by atoms with Gasteiger partial charge in [-0.1, -0.05) is 6.92 Å². The number of aliphatic hydroxyl groups is 3. The first-order chi connectivity index (χ1) is 34.0. The Bertz CT molecular complexity index is 1800. The van der Waals surface area contributed by atoms with E-state index in [1.807, 2.05) is 32.0 Å². The monoisotopic (exact) mass is 1050 g/mol. The summed E-state index contributed by atoms with van der Waals surface area (Å²) in [5, 5.41) is 46.0. The van der Waals surface area contributed by atoms with Gasteiger partial charge in [-0.3, -0.25) is 9.63 Å². The number of alkyl carbamates (subject to hydrolysis) is 1. The molecule has 1 saturated carbocycles. The Kier molecular flexibility index (Phi) is 25.3. The summed E-state index contributed by atoms with van der Waals surface area (Å²) in [7, 11) is 5.35. The van der Waals surface area contributed by atoms with Gasteiger partial charge in [0.05, 0.1) is 45.6 Å². The van der Waals surface area contributed by atoms with Gasteiger partial charge in [-0.2, -0.15) is 0 Å². The molecule has 0 radical (unpaired) electrons. The number of guanidine groups is 1. The molecule has 8 N–H and O–H groups in total. The molecular formula is C47H84F2N8O16. The molecule has 2 fully saturated rings. The predicted molar refractivity (Wildman–Crippen MR) is 260 cm³/mol. The summed E-state index contributed by atoms with van der Waals surface area (Å²) in [5.41, 5.74) is -0.483. The molecule has 73 heavy (non-hydrogen) atoms. The van der Waals surface area contributed by atoms with Crippen molar-refractivity contribution in [3.8, 4) is 0 Å². The number of allylic oxidation sites excluding steroid dienone is 1. The number of nitrogens with one attached hydrogen (secondary N) is 5. The average Bonchev–Trinajstić information content (AvgIpc) is 3.25. The molecule has 26 heteroatoms. The van der Waals surface area contributed by atoms with Crippen LogP contribution < -0.4 is 26.7 Å². The summed E-state index contributed by atoms with van der Waals surface area (Å²) in [5.74, 6) is -0.915. The van der Waals surface area contributed by atoms with Crippen LogP contribution in [0.5, 0.6) is 0 Å². The van der Waals surface area contributed by atoms with Gasteiger partial charge in [-0.05, 0) is 115 Å². The second-order valence-corrected chi connectivity index (χ2v) is 21.2. The number of ether oxygens (including phenoxy) is 8. The fraction of sp³-hybridized carbons (Fsp3) is 0.851. The van der Waals surface area contributed by atoms with Crippen LogP contribution in [0.1, 0.15) is 94.9 Å². The Morgan fingerprint density at radius 2 is 1.55 bits per heavy atom. The molecule has 1 aliphatic carbocycles. The molecule has 0 spiro atoms. The Labute approximate surface area is 427 Å². The molecule has 1 saturated heterocycles. The zero-order valence-electron chi connectivity index (χ0n) is 44.7. The van der Waals surface area contributed by atoms with Gasteiger partial charge >= 0.3 is 18.3 Å². The molecular weight excluding hydrogens is 971 g/mol. The number of rotatable bonds is 22. The molecule has 0 aromatic carbocycles.